The van der Waals surface area contributed by atoms with Crippen LogP contribution in [0.5, 0.6) is 0 Å². The van der Waals surface area contributed by atoms with Crippen molar-refractivity contribution in [2.75, 3.05) is 0 Å². The van der Waals surface area contributed by atoms with Crippen LogP contribution >= 0.6 is 0 Å². The molecule has 0 atom stereocenters. The van der Waals surface area contributed by atoms with Crippen LogP contribution in [0.25, 0.3) is 0 Å². The first-order valence-corrected chi connectivity index (χ1v) is 2.42. The minimum absolute atomic E-state index is 0. The van der Waals surface area contributed by atoms with Gasteiger partial charge in [-0.15, -0.1) is 0 Å². The molecule has 0 aliphatic heterocycles. The second-order valence-electron chi connectivity index (χ2n) is 0.0833. The molecule has 0 radical (unpaired) electrons. The molecule has 0 aromatic carbocycles. The van der Waals surface area contributed by atoms with Crippen molar-refractivity contribution in [2.24, 2.45) is 0 Å². The van der Waals surface area contributed by atoms with Crippen LogP contribution in [0.3, 0.4) is 0 Å². The molecule has 0 rings (SSSR count). The Morgan fingerprint density at radius 3 is 1.25 bits per heavy atom. The molecule has 0 saturated heterocycles. The van der Waals surface area contributed by atoms with Crippen molar-refractivity contribution >= 4 is 37.7 Å². The molecule has 0 amide bonds. The van der Waals surface area contributed by atoms with Gasteiger partial charge < -0.3 is 0 Å². The molecular formula is H2CaO2Zr. The summed E-state index contributed by atoms with van der Waals surface area (Å²) in [5, 5.41) is 0. The second-order valence-corrected chi connectivity index (χ2v) is 0.493. The van der Waals surface area contributed by atoms with Crippen LogP contribution in [-0.4, -0.2) is 37.7 Å². The second kappa shape index (κ2) is 8.83. The summed E-state index contributed by atoms with van der Waals surface area (Å²) in [6, 6.07) is 0. The van der Waals surface area contributed by atoms with E-state index in [9.17, 15) is 0 Å². The summed E-state index contributed by atoms with van der Waals surface area (Å²) in [6.45, 7) is 0. The first kappa shape index (κ1) is 9.22. The topological polar surface area (TPSA) is 34.1 Å². The molecule has 0 aliphatic rings. The fourth-order valence-corrected chi connectivity index (χ4v) is 0. The van der Waals surface area contributed by atoms with Crippen molar-refractivity contribution in [3.8, 4) is 0 Å². The molecule has 0 aromatic heterocycles. The third-order valence-electron chi connectivity index (χ3n) is 0. The van der Waals surface area contributed by atoms with Crippen LogP contribution in [0.1, 0.15) is 0 Å². The average Bonchev–Trinajstić information content (AvgIpc) is 0.918. The van der Waals surface area contributed by atoms with Gasteiger partial charge >= 0.3 is 66.6 Å². The Kier molecular flexibility index (Phi) is 20.4. The first-order chi connectivity index (χ1) is 1.41. The first-order valence-electron chi connectivity index (χ1n) is 0.408. The molecule has 0 heterocycles. The van der Waals surface area contributed by atoms with Crippen LogP contribution in [-0.2, 0) is 28.9 Å². The Morgan fingerprint density at radius 1 is 1.25 bits per heavy atom. The van der Waals surface area contributed by atoms with E-state index >= 15 is 0 Å². The van der Waals surface area contributed by atoms with Crippen molar-refractivity contribution in [1.29, 1.82) is 0 Å². The predicted octanol–water partition coefficient (Wildman–Crippen LogP) is -1.16. The van der Waals surface area contributed by atoms with E-state index in [-0.39, 0.29) is 37.7 Å². The Balaban J connectivity index is 0. The Bertz CT molecular complexity index is 27.0. The number of hydrogen-bond acceptors (Lipinski definition) is 2. The van der Waals surface area contributed by atoms with Gasteiger partial charge in [-0.2, -0.15) is 0 Å². The molecule has 0 aromatic rings. The van der Waals surface area contributed by atoms with Crippen LogP contribution < -0.4 is 0 Å². The molecule has 0 N–H and O–H groups in total. The average molecular weight is 165 g/mol. The third-order valence-corrected chi connectivity index (χ3v) is 0. The van der Waals surface area contributed by atoms with E-state index in [0.717, 1.165) is 0 Å². The summed E-state index contributed by atoms with van der Waals surface area (Å²) in [6.07, 6.45) is 0. The van der Waals surface area contributed by atoms with E-state index < -0.39 is 23.2 Å². The van der Waals surface area contributed by atoms with Gasteiger partial charge in [0.15, 0.2) is 0 Å². The van der Waals surface area contributed by atoms with Crippen LogP contribution in [0.4, 0.5) is 0 Å². The normalized spacial score (nSPS) is 2.00. The van der Waals surface area contributed by atoms with Gasteiger partial charge in [-0.1, -0.05) is 0 Å². The summed E-state index contributed by atoms with van der Waals surface area (Å²) in [5.74, 6) is 0. The van der Waals surface area contributed by atoms with Gasteiger partial charge in [-0.05, 0) is 0 Å². The Morgan fingerprint density at radius 2 is 1.25 bits per heavy atom. The van der Waals surface area contributed by atoms with Crippen molar-refractivity contribution in [3.63, 3.8) is 0 Å². The zero-order chi connectivity index (χ0) is 2.71. The fourth-order valence-electron chi connectivity index (χ4n) is 0. The summed E-state index contributed by atoms with van der Waals surface area (Å²) in [5.41, 5.74) is 0. The maximum absolute atomic E-state index is 8.54. The van der Waals surface area contributed by atoms with Gasteiger partial charge in [0, 0.05) is 0 Å². The van der Waals surface area contributed by atoms with Crippen LogP contribution in [0.2, 0.25) is 0 Å². The fraction of sp³-hybridized carbons (Fsp3) is 0. The van der Waals surface area contributed by atoms with E-state index in [1.165, 1.54) is 0 Å². The molecule has 20 valence electrons. The SMILES string of the molecule is [CaH2].[O]=[Zr]=[O]. The van der Waals surface area contributed by atoms with E-state index in [1.54, 1.807) is 0 Å². The van der Waals surface area contributed by atoms with Gasteiger partial charge in [0.1, 0.15) is 0 Å². The predicted molar refractivity (Wildman–Crippen MR) is 9.92 cm³/mol. The zero-order valence-electron chi connectivity index (χ0n) is 1.32. The summed E-state index contributed by atoms with van der Waals surface area (Å²) < 4.78 is 17.1. The van der Waals surface area contributed by atoms with E-state index in [1.807, 2.05) is 0 Å². The monoisotopic (exact) mass is 164 g/mol. The van der Waals surface area contributed by atoms with Crippen molar-refractivity contribution in [3.05, 3.63) is 0 Å². The summed E-state index contributed by atoms with van der Waals surface area (Å²) in [4.78, 5) is 0. The Hall–Kier alpha value is 1.74. The van der Waals surface area contributed by atoms with Gasteiger partial charge in [0.2, 0.25) is 0 Å². The molecule has 0 bridgehead atoms. The van der Waals surface area contributed by atoms with Gasteiger partial charge in [-0.25, -0.2) is 0 Å². The van der Waals surface area contributed by atoms with Gasteiger partial charge in [0.05, 0.1) is 0 Å². The molecule has 0 fully saturated rings. The zero-order valence-corrected chi connectivity index (χ0v) is 3.77. The molecule has 0 saturated carbocycles. The number of rotatable bonds is 0. The minimum atomic E-state index is -2.27. The van der Waals surface area contributed by atoms with Crippen LogP contribution in [0, 0.1) is 0 Å². The number of hydrogen-bond donors (Lipinski definition) is 0. The molecular weight excluding hydrogens is 163 g/mol. The van der Waals surface area contributed by atoms with E-state index in [4.69, 9.17) is 5.63 Å². The van der Waals surface area contributed by atoms with Crippen molar-refractivity contribution < 1.29 is 28.9 Å². The molecule has 4 heavy (non-hydrogen) atoms. The van der Waals surface area contributed by atoms with Crippen LogP contribution in [0.15, 0.2) is 0 Å². The standard InChI is InChI=1S/Ca.2O.Zr.2H. The van der Waals surface area contributed by atoms with Gasteiger partial charge in [-0.3, -0.25) is 0 Å². The molecule has 0 aliphatic carbocycles. The maximum atomic E-state index is 8.54. The van der Waals surface area contributed by atoms with E-state index in [2.05, 4.69) is 0 Å². The Labute approximate surface area is 65.4 Å². The summed E-state index contributed by atoms with van der Waals surface area (Å²) in [7, 11) is 0. The third kappa shape index (κ3) is 9.27. The molecule has 0 spiro atoms. The van der Waals surface area contributed by atoms with Crippen molar-refractivity contribution in [2.45, 2.75) is 0 Å². The summed E-state index contributed by atoms with van der Waals surface area (Å²) >= 11 is -2.27. The van der Waals surface area contributed by atoms with Gasteiger partial charge in [0.25, 0.3) is 0 Å². The molecule has 4 heteroatoms. The quantitative estimate of drug-likeness (QED) is 0.425. The van der Waals surface area contributed by atoms with E-state index in [0.29, 0.717) is 0 Å². The molecule has 0 unspecified atom stereocenters. The molecule has 2 nitrogen and oxygen atoms in total. The van der Waals surface area contributed by atoms with Crippen molar-refractivity contribution in [1.82, 2.24) is 0 Å².